The average Bonchev–Trinajstić information content (AvgIpc) is 2.27. The third-order valence-corrected chi connectivity index (χ3v) is 2.58. The number of aromatic nitrogens is 1. The van der Waals surface area contributed by atoms with Crippen molar-refractivity contribution in [3.63, 3.8) is 0 Å². The van der Waals surface area contributed by atoms with Crippen LogP contribution >= 0.6 is 15.9 Å². The van der Waals surface area contributed by atoms with Crippen LogP contribution in [0.1, 0.15) is 10.4 Å². The topological polar surface area (TPSA) is 82.3 Å². The average molecular weight is 275 g/mol. The molecule has 0 radical (unpaired) electrons. The fraction of sp³-hybridized carbons (Fsp3) is 0.250. The molecule has 0 bridgehead atoms. The van der Waals surface area contributed by atoms with Gasteiger partial charge in [-0.15, -0.1) is 0 Å². The Morgan fingerprint density at radius 1 is 1.73 bits per heavy atom. The van der Waals surface area contributed by atoms with Crippen molar-refractivity contribution in [1.82, 2.24) is 4.98 Å². The van der Waals surface area contributed by atoms with Gasteiger partial charge in [0.05, 0.1) is 17.6 Å². The van der Waals surface area contributed by atoms with E-state index in [1.807, 2.05) is 0 Å². The molecule has 1 rings (SSSR count). The van der Waals surface area contributed by atoms with Gasteiger partial charge >= 0.3 is 5.97 Å². The molecule has 0 aliphatic heterocycles. The molecule has 0 saturated heterocycles. The van der Waals surface area contributed by atoms with Gasteiger partial charge in [0.25, 0.3) is 5.69 Å². The number of carbonyl (C=O) groups is 1. The lowest BCUT2D eigenvalue weighted by Crippen LogP contribution is -2.10. The first kappa shape index (κ1) is 11.6. The van der Waals surface area contributed by atoms with Gasteiger partial charge in [0.15, 0.2) is 0 Å². The Labute approximate surface area is 93.5 Å². The van der Waals surface area contributed by atoms with Crippen LogP contribution in [0.15, 0.2) is 18.5 Å². The van der Waals surface area contributed by atoms with Gasteiger partial charge in [0.1, 0.15) is 11.0 Å². The summed E-state index contributed by atoms with van der Waals surface area (Å²) in [6.45, 7) is 0. The first-order valence-electron chi connectivity index (χ1n) is 3.88. The van der Waals surface area contributed by atoms with Gasteiger partial charge in [-0.25, -0.2) is 0 Å². The first-order chi connectivity index (χ1) is 7.07. The Kier molecular flexibility index (Phi) is 3.73. The number of hydrogen-bond donors (Lipinski definition) is 0. The van der Waals surface area contributed by atoms with Crippen LogP contribution < -0.4 is 0 Å². The van der Waals surface area contributed by atoms with Gasteiger partial charge in [-0.3, -0.25) is 19.9 Å². The Balaban J connectivity index is 3.13. The molecule has 0 spiro atoms. The summed E-state index contributed by atoms with van der Waals surface area (Å²) in [6, 6.07) is 1.40. The van der Waals surface area contributed by atoms with E-state index in [2.05, 4.69) is 25.7 Å². The van der Waals surface area contributed by atoms with Crippen molar-refractivity contribution in [2.75, 3.05) is 7.11 Å². The summed E-state index contributed by atoms with van der Waals surface area (Å²) in [7, 11) is 1.21. The number of nitrogens with zero attached hydrogens (tertiary/aromatic N) is 2. The summed E-state index contributed by atoms with van der Waals surface area (Å²) in [5.41, 5.74) is 0.00613. The second-order valence-corrected chi connectivity index (χ2v) is 3.49. The van der Waals surface area contributed by atoms with Crippen LogP contribution in [0.25, 0.3) is 0 Å². The quantitative estimate of drug-likeness (QED) is 0.362. The monoisotopic (exact) mass is 274 g/mol. The highest BCUT2D eigenvalue weighted by Gasteiger charge is 2.26. The largest absolute Gasteiger partial charge is 0.468 e. The number of ether oxygens (including phenoxy) is 1. The van der Waals surface area contributed by atoms with Gasteiger partial charge in [-0.1, -0.05) is 15.9 Å². The maximum Gasteiger partial charge on any atom is 0.324 e. The minimum Gasteiger partial charge on any atom is -0.468 e. The van der Waals surface area contributed by atoms with Gasteiger partial charge in [0, 0.05) is 6.20 Å². The van der Waals surface area contributed by atoms with E-state index in [4.69, 9.17) is 0 Å². The van der Waals surface area contributed by atoms with Crippen molar-refractivity contribution < 1.29 is 14.5 Å². The molecule has 1 unspecified atom stereocenters. The fourth-order valence-electron chi connectivity index (χ4n) is 0.994. The predicted molar refractivity (Wildman–Crippen MR) is 54.6 cm³/mol. The Bertz CT molecular complexity index is 396. The molecule has 1 atom stereocenters. The summed E-state index contributed by atoms with van der Waals surface area (Å²) in [6.07, 6.45) is 2.46. The van der Waals surface area contributed by atoms with Crippen LogP contribution in [0, 0.1) is 10.1 Å². The van der Waals surface area contributed by atoms with Gasteiger partial charge in [-0.2, -0.15) is 0 Å². The molecular weight excluding hydrogens is 268 g/mol. The fourth-order valence-corrected chi connectivity index (χ4v) is 1.57. The smallest absolute Gasteiger partial charge is 0.324 e. The van der Waals surface area contributed by atoms with E-state index >= 15 is 0 Å². The van der Waals surface area contributed by atoms with Crippen LogP contribution in [0.3, 0.4) is 0 Å². The van der Waals surface area contributed by atoms with E-state index in [0.29, 0.717) is 0 Å². The zero-order chi connectivity index (χ0) is 11.4. The van der Waals surface area contributed by atoms with E-state index in [0.717, 1.165) is 6.20 Å². The molecule has 0 aliphatic rings. The van der Waals surface area contributed by atoms with E-state index < -0.39 is 15.7 Å². The molecule has 1 aromatic rings. The van der Waals surface area contributed by atoms with Crippen molar-refractivity contribution in [2.45, 2.75) is 4.83 Å². The molecule has 1 heterocycles. The number of hydrogen-bond acceptors (Lipinski definition) is 5. The molecule has 7 heteroatoms. The summed E-state index contributed by atoms with van der Waals surface area (Å²) >= 11 is 3.02. The molecular formula is C8H7BrN2O4. The molecule has 0 N–H and O–H groups in total. The molecule has 6 nitrogen and oxygen atoms in total. The number of halogens is 1. The molecule has 0 aromatic carbocycles. The van der Waals surface area contributed by atoms with Crippen molar-refractivity contribution in [1.29, 1.82) is 0 Å². The number of pyridine rings is 1. The van der Waals surface area contributed by atoms with Crippen molar-refractivity contribution in [3.05, 3.63) is 34.1 Å². The first-order valence-corrected chi connectivity index (χ1v) is 4.79. The maximum absolute atomic E-state index is 11.2. The van der Waals surface area contributed by atoms with Gasteiger partial charge < -0.3 is 4.74 Å². The Hall–Kier alpha value is -1.50. The number of esters is 1. The molecule has 0 fully saturated rings. The Morgan fingerprint density at radius 3 is 2.93 bits per heavy atom. The van der Waals surface area contributed by atoms with Crippen molar-refractivity contribution >= 4 is 27.6 Å². The van der Waals surface area contributed by atoms with Crippen molar-refractivity contribution in [2.24, 2.45) is 0 Å². The summed E-state index contributed by atoms with van der Waals surface area (Å²) in [5.74, 6) is -0.593. The highest BCUT2D eigenvalue weighted by atomic mass is 79.9. The molecule has 0 amide bonds. The second kappa shape index (κ2) is 4.83. The standard InChI is InChI=1S/C8H7BrN2O4/c1-15-8(12)7(9)5-2-3-10-4-6(5)11(13)14/h2-4,7H,1H3. The third-order valence-electron chi connectivity index (χ3n) is 1.71. The van der Waals surface area contributed by atoms with E-state index in [9.17, 15) is 14.9 Å². The Morgan fingerprint density at radius 2 is 2.40 bits per heavy atom. The van der Waals surface area contributed by atoms with E-state index in [1.165, 1.54) is 19.4 Å². The molecule has 15 heavy (non-hydrogen) atoms. The summed E-state index contributed by atoms with van der Waals surface area (Å²) in [5, 5.41) is 10.6. The van der Waals surface area contributed by atoms with Gasteiger partial charge in [-0.05, 0) is 6.07 Å². The zero-order valence-electron chi connectivity index (χ0n) is 7.71. The summed E-state index contributed by atoms with van der Waals surface area (Å²) < 4.78 is 4.47. The van der Waals surface area contributed by atoms with Crippen LogP contribution in [0.4, 0.5) is 5.69 Å². The zero-order valence-corrected chi connectivity index (χ0v) is 9.30. The lowest BCUT2D eigenvalue weighted by Gasteiger charge is -2.07. The SMILES string of the molecule is COC(=O)C(Br)c1ccncc1[N+](=O)[O-]. The summed E-state index contributed by atoms with van der Waals surface area (Å²) in [4.78, 5) is 24.0. The lowest BCUT2D eigenvalue weighted by molar-refractivity contribution is -0.385. The number of nitro groups is 1. The molecule has 80 valence electrons. The van der Waals surface area contributed by atoms with E-state index in [-0.39, 0.29) is 11.3 Å². The molecule has 0 aliphatic carbocycles. The maximum atomic E-state index is 11.2. The van der Waals surface area contributed by atoms with Crippen LogP contribution in [0.5, 0.6) is 0 Å². The lowest BCUT2D eigenvalue weighted by atomic mass is 10.1. The number of rotatable bonds is 3. The van der Waals surface area contributed by atoms with Crippen LogP contribution in [-0.2, 0) is 9.53 Å². The minimum atomic E-state index is -0.856. The highest BCUT2D eigenvalue weighted by molar-refractivity contribution is 9.09. The predicted octanol–water partition coefficient (Wildman–Crippen LogP) is 1.60. The van der Waals surface area contributed by atoms with Crippen LogP contribution in [-0.4, -0.2) is 23.0 Å². The number of alkyl halides is 1. The second-order valence-electron chi connectivity index (χ2n) is 2.58. The highest BCUT2D eigenvalue weighted by Crippen LogP contribution is 2.30. The van der Waals surface area contributed by atoms with Crippen LogP contribution in [0.2, 0.25) is 0 Å². The minimum absolute atomic E-state index is 0.218. The number of carbonyl (C=O) groups excluding carboxylic acids is 1. The number of methoxy groups -OCH3 is 1. The van der Waals surface area contributed by atoms with Gasteiger partial charge in [0.2, 0.25) is 0 Å². The molecule has 1 aromatic heterocycles. The van der Waals surface area contributed by atoms with Crippen molar-refractivity contribution in [3.8, 4) is 0 Å². The third kappa shape index (κ3) is 2.50. The van der Waals surface area contributed by atoms with E-state index in [1.54, 1.807) is 0 Å². The molecule has 0 saturated carbocycles. The normalized spacial score (nSPS) is 11.9.